The Labute approximate surface area is 108 Å². The van der Waals surface area contributed by atoms with Gasteiger partial charge in [-0.15, -0.1) is 11.6 Å². The highest BCUT2D eigenvalue weighted by molar-refractivity contribution is 6.19. The molecule has 0 spiro atoms. The number of amides is 1. The number of alkyl halides is 3. The first-order valence-corrected chi connectivity index (χ1v) is 6.01. The number of hydrogen-bond acceptors (Lipinski definition) is 2. The Hall–Kier alpha value is -1.36. The Bertz CT molecular complexity index is 449. The molecule has 0 aliphatic heterocycles. The summed E-state index contributed by atoms with van der Waals surface area (Å²) in [5.41, 5.74) is -0.0392. The second kappa shape index (κ2) is 5.10. The molecular weight excluding hydrogens is 264 g/mol. The van der Waals surface area contributed by atoms with Crippen LogP contribution >= 0.6 is 11.6 Å². The summed E-state index contributed by atoms with van der Waals surface area (Å²) in [7, 11) is 0. The normalized spacial score (nSPS) is 16.4. The van der Waals surface area contributed by atoms with Gasteiger partial charge in [0.25, 0.3) is 5.91 Å². The summed E-state index contributed by atoms with van der Waals surface area (Å²) in [5, 5.41) is 2.80. The van der Waals surface area contributed by atoms with Crippen LogP contribution in [0.2, 0.25) is 0 Å². The first-order valence-electron chi connectivity index (χ1n) is 5.48. The van der Waals surface area contributed by atoms with Crippen molar-refractivity contribution in [3.63, 3.8) is 0 Å². The lowest BCUT2D eigenvalue weighted by molar-refractivity contribution is -0.0498. The lowest BCUT2D eigenvalue weighted by atomic mass is 10.2. The van der Waals surface area contributed by atoms with Crippen LogP contribution in [0.4, 0.5) is 8.78 Å². The molecule has 1 fully saturated rings. The lowest BCUT2D eigenvalue weighted by Crippen LogP contribution is -2.38. The number of benzene rings is 1. The van der Waals surface area contributed by atoms with Crippen molar-refractivity contribution in [2.24, 2.45) is 0 Å². The number of nitrogens with one attached hydrogen (secondary N) is 1. The van der Waals surface area contributed by atoms with Gasteiger partial charge in [-0.05, 0) is 31.0 Å². The predicted octanol–water partition coefficient (Wildman–Crippen LogP) is 2.79. The summed E-state index contributed by atoms with van der Waals surface area (Å²) in [6.45, 7) is -2.90. The summed E-state index contributed by atoms with van der Waals surface area (Å²) in [6, 6.07) is 5.69. The fourth-order valence-electron chi connectivity index (χ4n) is 1.57. The molecule has 0 heterocycles. The summed E-state index contributed by atoms with van der Waals surface area (Å²) < 4.78 is 28.3. The monoisotopic (exact) mass is 275 g/mol. The van der Waals surface area contributed by atoms with Crippen LogP contribution in [0.15, 0.2) is 24.3 Å². The van der Waals surface area contributed by atoms with E-state index in [4.69, 9.17) is 11.6 Å². The molecule has 0 radical (unpaired) electrons. The smallest absolute Gasteiger partial charge is 0.387 e. The summed E-state index contributed by atoms with van der Waals surface area (Å²) in [6.07, 6.45) is 1.69. The molecule has 1 amide bonds. The van der Waals surface area contributed by atoms with Gasteiger partial charge in [-0.2, -0.15) is 8.78 Å². The molecule has 0 saturated heterocycles. The van der Waals surface area contributed by atoms with Gasteiger partial charge in [0.15, 0.2) is 0 Å². The van der Waals surface area contributed by atoms with E-state index in [0.29, 0.717) is 5.88 Å². The van der Waals surface area contributed by atoms with E-state index in [-0.39, 0.29) is 22.8 Å². The van der Waals surface area contributed by atoms with Gasteiger partial charge in [0, 0.05) is 11.4 Å². The van der Waals surface area contributed by atoms with Crippen molar-refractivity contribution < 1.29 is 18.3 Å². The van der Waals surface area contributed by atoms with E-state index in [1.54, 1.807) is 0 Å². The zero-order valence-corrected chi connectivity index (χ0v) is 10.2. The molecule has 1 N–H and O–H groups in total. The maximum atomic E-state index is 12.0. The maximum absolute atomic E-state index is 12.0. The molecule has 2 rings (SSSR count). The van der Waals surface area contributed by atoms with Gasteiger partial charge in [0.2, 0.25) is 0 Å². The molecule has 1 saturated carbocycles. The standard InChI is InChI=1S/C12H12ClF2NO2/c13-7-12(4-5-12)16-10(17)8-2-1-3-9(6-8)18-11(14)15/h1-3,6,11H,4-5,7H2,(H,16,17). The maximum Gasteiger partial charge on any atom is 0.387 e. The van der Waals surface area contributed by atoms with Crippen LogP contribution < -0.4 is 10.1 Å². The highest BCUT2D eigenvalue weighted by atomic mass is 35.5. The Balaban J connectivity index is 2.06. The van der Waals surface area contributed by atoms with Crippen molar-refractivity contribution in [3.8, 4) is 5.75 Å². The summed E-state index contributed by atoms with van der Waals surface area (Å²) in [5.74, 6) is -0.00683. The minimum Gasteiger partial charge on any atom is -0.435 e. The molecule has 0 unspecified atom stereocenters. The third-order valence-electron chi connectivity index (χ3n) is 2.81. The van der Waals surface area contributed by atoms with Gasteiger partial charge in [0.05, 0.1) is 5.54 Å². The van der Waals surface area contributed by atoms with Crippen molar-refractivity contribution >= 4 is 17.5 Å². The Kier molecular flexibility index (Phi) is 3.71. The molecule has 1 aromatic carbocycles. The van der Waals surface area contributed by atoms with E-state index < -0.39 is 6.61 Å². The first kappa shape index (κ1) is 13.1. The predicted molar refractivity (Wildman–Crippen MR) is 63.2 cm³/mol. The van der Waals surface area contributed by atoms with Gasteiger partial charge >= 0.3 is 6.61 Å². The molecule has 0 bridgehead atoms. The number of rotatable bonds is 5. The topological polar surface area (TPSA) is 38.3 Å². The molecule has 6 heteroatoms. The zero-order chi connectivity index (χ0) is 13.2. The SMILES string of the molecule is O=C(NC1(CCl)CC1)c1cccc(OC(F)F)c1. The number of carbonyl (C=O) groups excluding carboxylic acids is 1. The van der Waals surface area contributed by atoms with Crippen LogP contribution in [0.25, 0.3) is 0 Å². The number of halogens is 3. The fourth-order valence-corrected chi connectivity index (χ4v) is 1.90. The second-order valence-corrected chi connectivity index (χ2v) is 4.54. The van der Waals surface area contributed by atoms with Gasteiger partial charge in [-0.25, -0.2) is 0 Å². The zero-order valence-electron chi connectivity index (χ0n) is 9.46. The fraction of sp³-hybridized carbons (Fsp3) is 0.417. The third kappa shape index (κ3) is 3.10. The molecule has 0 aromatic heterocycles. The number of hydrogen-bond donors (Lipinski definition) is 1. The summed E-state index contributed by atoms with van der Waals surface area (Å²) in [4.78, 5) is 11.9. The Morgan fingerprint density at radius 1 is 1.50 bits per heavy atom. The second-order valence-electron chi connectivity index (χ2n) is 4.27. The summed E-state index contributed by atoms with van der Waals surface area (Å²) >= 11 is 5.75. The van der Waals surface area contributed by atoms with Crippen LogP contribution in [0.1, 0.15) is 23.2 Å². The molecule has 18 heavy (non-hydrogen) atoms. The lowest BCUT2D eigenvalue weighted by Gasteiger charge is -2.14. The average molecular weight is 276 g/mol. The largest absolute Gasteiger partial charge is 0.435 e. The van der Waals surface area contributed by atoms with Crippen LogP contribution in [0.5, 0.6) is 5.75 Å². The minimum atomic E-state index is -2.90. The van der Waals surface area contributed by atoms with Gasteiger partial charge in [0.1, 0.15) is 5.75 Å². The van der Waals surface area contributed by atoms with Crippen LogP contribution in [-0.4, -0.2) is 23.9 Å². The van der Waals surface area contributed by atoms with E-state index in [2.05, 4.69) is 10.1 Å². The molecule has 1 aliphatic carbocycles. The van der Waals surface area contributed by atoms with Gasteiger partial charge < -0.3 is 10.1 Å². The van der Waals surface area contributed by atoms with E-state index in [1.807, 2.05) is 0 Å². The van der Waals surface area contributed by atoms with Crippen LogP contribution in [0.3, 0.4) is 0 Å². The average Bonchev–Trinajstić information content (AvgIpc) is 3.09. The van der Waals surface area contributed by atoms with Gasteiger partial charge in [-0.3, -0.25) is 4.79 Å². The molecule has 3 nitrogen and oxygen atoms in total. The van der Waals surface area contributed by atoms with Crippen molar-refractivity contribution in [1.29, 1.82) is 0 Å². The highest BCUT2D eigenvalue weighted by Crippen LogP contribution is 2.36. The molecule has 1 aromatic rings. The molecule has 1 aliphatic rings. The number of ether oxygens (including phenoxy) is 1. The van der Waals surface area contributed by atoms with Crippen molar-refractivity contribution in [1.82, 2.24) is 5.32 Å². The third-order valence-corrected chi connectivity index (χ3v) is 3.32. The first-order chi connectivity index (χ1) is 8.54. The Morgan fingerprint density at radius 2 is 2.22 bits per heavy atom. The van der Waals surface area contributed by atoms with E-state index in [1.165, 1.54) is 24.3 Å². The quantitative estimate of drug-likeness (QED) is 0.839. The van der Waals surface area contributed by atoms with Gasteiger partial charge in [-0.1, -0.05) is 6.07 Å². The molecule has 98 valence electrons. The van der Waals surface area contributed by atoms with E-state index in [9.17, 15) is 13.6 Å². The number of carbonyl (C=O) groups is 1. The van der Waals surface area contributed by atoms with E-state index in [0.717, 1.165) is 12.8 Å². The van der Waals surface area contributed by atoms with Crippen molar-refractivity contribution in [2.75, 3.05) is 5.88 Å². The van der Waals surface area contributed by atoms with Crippen LogP contribution in [-0.2, 0) is 0 Å². The highest BCUT2D eigenvalue weighted by Gasteiger charge is 2.43. The van der Waals surface area contributed by atoms with Crippen molar-refractivity contribution in [3.05, 3.63) is 29.8 Å². The van der Waals surface area contributed by atoms with E-state index >= 15 is 0 Å². The molecule has 0 atom stereocenters. The Morgan fingerprint density at radius 3 is 2.78 bits per heavy atom. The van der Waals surface area contributed by atoms with Crippen LogP contribution in [0, 0.1) is 0 Å². The molecular formula is C12H12ClF2NO2. The van der Waals surface area contributed by atoms with Crippen molar-refractivity contribution in [2.45, 2.75) is 25.0 Å². The minimum absolute atomic E-state index is 0.0339.